The molecule has 0 aromatic carbocycles. The number of hydrogen-bond acceptors (Lipinski definition) is 6. The first-order valence-electron chi connectivity index (χ1n) is 3.73. The van der Waals surface area contributed by atoms with Crippen molar-refractivity contribution in [1.82, 2.24) is 15.0 Å². The molecule has 7 heteroatoms. The Morgan fingerprint density at radius 3 is 2.62 bits per heavy atom. The SMILES string of the molecule is CCONc1nc(Cl)nc(NC)n1. The van der Waals surface area contributed by atoms with E-state index in [4.69, 9.17) is 16.4 Å². The predicted molar refractivity (Wildman–Crippen MR) is 49.6 cm³/mol. The molecule has 0 saturated heterocycles. The van der Waals surface area contributed by atoms with Crippen LogP contribution in [0.25, 0.3) is 0 Å². The van der Waals surface area contributed by atoms with Crippen molar-refractivity contribution in [3.63, 3.8) is 0 Å². The summed E-state index contributed by atoms with van der Waals surface area (Å²) in [6.07, 6.45) is 0. The minimum atomic E-state index is 0.113. The molecular formula is C6H10ClN5O. The van der Waals surface area contributed by atoms with E-state index >= 15 is 0 Å². The van der Waals surface area contributed by atoms with Gasteiger partial charge in [-0.1, -0.05) is 0 Å². The maximum atomic E-state index is 5.61. The van der Waals surface area contributed by atoms with Crippen LogP contribution in [0.3, 0.4) is 0 Å². The fourth-order valence-electron chi connectivity index (χ4n) is 0.644. The average Bonchev–Trinajstić information content (AvgIpc) is 2.14. The van der Waals surface area contributed by atoms with Gasteiger partial charge in [-0.25, -0.2) is 5.48 Å². The lowest BCUT2D eigenvalue weighted by Crippen LogP contribution is -2.07. The Balaban J connectivity index is 2.76. The molecule has 0 aliphatic rings. The number of halogens is 1. The molecule has 0 unspecified atom stereocenters. The summed E-state index contributed by atoms with van der Waals surface area (Å²) in [5.74, 6) is 0.674. The molecule has 0 bridgehead atoms. The lowest BCUT2D eigenvalue weighted by atomic mass is 10.8. The van der Waals surface area contributed by atoms with E-state index in [1.54, 1.807) is 7.05 Å². The summed E-state index contributed by atoms with van der Waals surface area (Å²) in [4.78, 5) is 16.4. The first-order chi connectivity index (χ1) is 6.26. The van der Waals surface area contributed by atoms with Crippen molar-refractivity contribution in [2.45, 2.75) is 6.92 Å². The van der Waals surface area contributed by atoms with Gasteiger partial charge in [0.1, 0.15) is 0 Å². The molecule has 0 spiro atoms. The molecule has 1 heterocycles. The van der Waals surface area contributed by atoms with Crippen molar-refractivity contribution in [3.05, 3.63) is 5.28 Å². The second kappa shape index (κ2) is 4.78. The molecule has 0 aliphatic carbocycles. The van der Waals surface area contributed by atoms with E-state index in [-0.39, 0.29) is 11.2 Å². The molecule has 0 fully saturated rings. The average molecular weight is 204 g/mol. The highest BCUT2D eigenvalue weighted by atomic mass is 35.5. The van der Waals surface area contributed by atoms with Crippen molar-refractivity contribution >= 4 is 23.5 Å². The minimum absolute atomic E-state index is 0.113. The van der Waals surface area contributed by atoms with E-state index in [1.165, 1.54) is 0 Å². The number of anilines is 2. The Hall–Kier alpha value is -1.14. The monoisotopic (exact) mass is 203 g/mol. The van der Waals surface area contributed by atoms with Gasteiger partial charge in [-0.3, -0.25) is 4.84 Å². The van der Waals surface area contributed by atoms with E-state index in [0.717, 1.165) is 0 Å². The summed E-state index contributed by atoms with van der Waals surface area (Å²) in [7, 11) is 1.69. The Morgan fingerprint density at radius 1 is 1.31 bits per heavy atom. The zero-order valence-corrected chi connectivity index (χ0v) is 8.09. The predicted octanol–water partition coefficient (Wildman–Crippen LogP) is 0.930. The van der Waals surface area contributed by atoms with Gasteiger partial charge >= 0.3 is 0 Å². The highest BCUT2D eigenvalue weighted by Crippen LogP contribution is 2.08. The highest BCUT2D eigenvalue weighted by Gasteiger charge is 2.02. The van der Waals surface area contributed by atoms with Crippen molar-refractivity contribution in [1.29, 1.82) is 0 Å². The zero-order valence-electron chi connectivity index (χ0n) is 7.33. The molecule has 1 aromatic rings. The lowest BCUT2D eigenvalue weighted by molar-refractivity contribution is 0.207. The third-order valence-corrected chi connectivity index (χ3v) is 1.31. The summed E-state index contributed by atoms with van der Waals surface area (Å²) >= 11 is 5.61. The summed E-state index contributed by atoms with van der Waals surface area (Å²) < 4.78 is 0. The van der Waals surface area contributed by atoms with Crippen LogP contribution in [0.2, 0.25) is 5.28 Å². The van der Waals surface area contributed by atoms with Crippen molar-refractivity contribution in [3.8, 4) is 0 Å². The standard InChI is InChI=1S/C6H10ClN5O/c1-3-13-12-6-10-4(7)9-5(8-2)11-6/h3H2,1-2H3,(H2,8,9,10,11,12). The molecule has 1 rings (SSSR count). The van der Waals surface area contributed by atoms with Crippen LogP contribution in [-0.2, 0) is 4.84 Å². The van der Waals surface area contributed by atoms with Crippen molar-refractivity contribution in [2.24, 2.45) is 0 Å². The fourth-order valence-corrected chi connectivity index (χ4v) is 0.804. The Morgan fingerprint density at radius 2 is 2.00 bits per heavy atom. The van der Waals surface area contributed by atoms with Crippen LogP contribution in [0, 0.1) is 0 Å². The van der Waals surface area contributed by atoms with Crippen LogP contribution in [0.4, 0.5) is 11.9 Å². The molecule has 0 atom stereocenters. The first-order valence-corrected chi connectivity index (χ1v) is 4.11. The molecule has 0 amide bonds. The number of rotatable bonds is 4. The van der Waals surface area contributed by atoms with Gasteiger partial charge in [-0.15, -0.1) is 0 Å². The second-order valence-corrected chi connectivity index (χ2v) is 2.37. The largest absolute Gasteiger partial charge is 0.357 e. The number of nitrogens with one attached hydrogen (secondary N) is 2. The van der Waals surface area contributed by atoms with E-state index in [2.05, 4.69) is 25.7 Å². The molecule has 1 aromatic heterocycles. The van der Waals surface area contributed by atoms with Crippen LogP contribution >= 0.6 is 11.6 Å². The third-order valence-electron chi connectivity index (χ3n) is 1.14. The van der Waals surface area contributed by atoms with Crippen LogP contribution in [0.5, 0.6) is 0 Å². The van der Waals surface area contributed by atoms with Gasteiger partial charge < -0.3 is 5.32 Å². The molecule has 72 valence electrons. The maximum Gasteiger partial charge on any atom is 0.253 e. The normalized spacial score (nSPS) is 9.77. The van der Waals surface area contributed by atoms with Gasteiger partial charge in [0.2, 0.25) is 11.2 Å². The Bertz CT molecular complexity index is 282. The van der Waals surface area contributed by atoms with Crippen molar-refractivity contribution < 1.29 is 4.84 Å². The van der Waals surface area contributed by atoms with E-state index in [0.29, 0.717) is 12.6 Å². The summed E-state index contributed by atoms with van der Waals surface area (Å²) in [5, 5.41) is 2.85. The number of aromatic nitrogens is 3. The summed E-state index contributed by atoms with van der Waals surface area (Å²) in [5.41, 5.74) is 2.52. The molecule has 6 nitrogen and oxygen atoms in total. The smallest absolute Gasteiger partial charge is 0.253 e. The van der Waals surface area contributed by atoms with Crippen LogP contribution in [0.15, 0.2) is 0 Å². The quantitative estimate of drug-likeness (QED) is 0.710. The lowest BCUT2D eigenvalue weighted by Gasteiger charge is -2.04. The van der Waals surface area contributed by atoms with Gasteiger partial charge in [-0.05, 0) is 18.5 Å². The topological polar surface area (TPSA) is 72.0 Å². The summed E-state index contributed by atoms with van der Waals surface area (Å²) in [6.45, 7) is 2.35. The minimum Gasteiger partial charge on any atom is -0.357 e. The van der Waals surface area contributed by atoms with Crippen LogP contribution in [0.1, 0.15) is 6.92 Å². The second-order valence-electron chi connectivity index (χ2n) is 2.04. The van der Waals surface area contributed by atoms with E-state index in [1.807, 2.05) is 6.92 Å². The summed E-state index contributed by atoms with van der Waals surface area (Å²) in [6, 6.07) is 0. The maximum absolute atomic E-state index is 5.61. The first kappa shape index (κ1) is 9.94. The number of hydrogen-bond donors (Lipinski definition) is 2. The molecule has 0 radical (unpaired) electrons. The van der Waals surface area contributed by atoms with Gasteiger partial charge in [0.25, 0.3) is 5.95 Å². The van der Waals surface area contributed by atoms with E-state index < -0.39 is 0 Å². The third kappa shape index (κ3) is 3.00. The van der Waals surface area contributed by atoms with Crippen molar-refractivity contribution in [2.75, 3.05) is 24.5 Å². The molecule has 0 aliphatic heterocycles. The van der Waals surface area contributed by atoms with Crippen LogP contribution in [-0.4, -0.2) is 28.6 Å². The Kier molecular flexibility index (Phi) is 3.66. The zero-order chi connectivity index (χ0) is 9.68. The Labute approximate surface area is 80.7 Å². The van der Waals surface area contributed by atoms with E-state index in [9.17, 15) is 0 Å². The van der Waals surface area contributed by atoms with Gasteiger partial charge in [0.15, 0.2) is 0 Å². The van der Waals surface area contributed by atoms with Gasteiger partial charge in [0, 0.05) is 7.05 Å². The molecular weight excluding hydrogens is 194 g/mol. The molecule has 0 saturated carbocycles. The number of nitrogens with zero attached hydrogens (tertiary/aromatic N) is 3. The fraction of sp³-hybridized carbons (Fsp3) is 0.500. The van der Waals surface area contributed by atoms with Crippen LogP contribution < -0.4 is 10.8 Å². The van der Waals surface area contributed by atoms with Gasteiger partial charge in [0.05, 0.1) is 6.61 Å². The van der Waals surface area contributed by atoms with Gasteiger partial charge in [-0.2, -0.15) is 15.0 Å². The molecule has 13 heavy (non-hydrogen) atoms. The highest BCUT2D eigenvalue weighted by molar-refractivity contribution is 6.28. The molecule has 2 N–H and O–H groups in total.